The number of non-ortho nitro benzene ring substituents is 1. The highest BCUT2D eigenvalue weighted by Crippen LogP contribution is 2.28. The molecule has 0 aliphatic heterocycles. The second kappa shape index (κ2) is 9.04. The van der Waals surface area contributed by atoms with Crippen LogP contribution < -0.4 is 10.2 Å². The maximum absolute atomic E-state index is 11.9. The first-order chi connectivity index (χ1) is 14.3. The van der Waals surface area contributed by atoms with Crippen molar-refractivity contribution in [1.29, 1.82) is 0 Å². The van der Waals surface area contributed by atoms with Crippen LogP contribution in [0.15, 0.2) is 58.0 Å². The van der Waals surface area contributed by atoms with Crippen molar-refractivity contribution in [2.75, 3.05) is 6.61 Å². The molecule has 1 amide bonds. The Morgan fingerprint density at radius 1 is 1.10 bits per heavy atom. The van der Waals surface area contributed by atoms with Crippen LogP contribution in [0.1, 0.15) is 22.5 Å². The van der Waals surface area contributed by atoms with Gasteiger partial charge in [-0.3, -0.25) is 14.9 Å². The number of rotatable bonds is 7. The maximum atomic E-state index is 11.9. The predicted molar refractivity (Wildman–Crippen MR) is 113 cm³/mol. The van der Waals surface area contributed by atoms with Crippen LogP contribution in [0.2, 0.25) is 0 Å². The molecule has 30 heavy (non-hydrogen) atoms. The zero-order valence-corrected chi connectivity index (χ0v) is 16.8. The Hall–Kier alpha value is -3.94. The van der Waals surface area contributed by atoms with E-state index in [2.05, 4.69) is 10.5 Å². The summed E-state index contributed by atoms with van der Waals surface area (Å²) in [4.78, 5) is 22.3. The van der Waals surface area contributed by atoms with Crippen LogP contribution in [0, 0.1) is 30.9 Å². The minimum atomic E-state index is -0.441. The van der Waals surface area contributed by atoms with Gasteiger partial charge in [0.1, 0.15) is 17.3 Å². The number of nitrogens with one attached hydrogen (secondary N) is 1. The standard InChI is InChI=1S/C22H21N3O5/c1-14-4-6-18(11-15(14)2)29-13-22(26)24-23-12-19-7-9-21(30-19)20-8-5-17(25(27)28)10-16(20)3/h4-12H,13H2,1-3H3,(H,24,26). The lowest BCUT2D eigenvalue weighted by Gasteiger charge is -2.07. The molecule has 8 nitrogen and oxygen atoms in total. The van der Waals surface area contributed by atoms with E-state index in [0.717, 1.165) is 22.3 Å². The number of carbonyl (C=O) groups excluding carboxylic acids is 1. The zero-order valence-electron chi connectivity index (χ0n) is 16.8. The molecule has 154 valence electrons. The third kappa shape index (κ3) is 5.11. The number of ether oxygens (including phenoxy) is 1. The molecular formula is C22H21N3O5. The summed E-state index contributed by atoms with van der Waals surface area (Å²) in [5.41, 5.74) is 6.10. The van der Waals surface area contributed by atoms with E-state index in [1.165, 1.54) is 18.3 Å². The van der Waals surface area contributed by atoms with E-state index >= 15 is 0 Å². The third-order valence-corrected chi connectivity index (χ3v) is 4.54. The van der Waals surface area contributed by atoms with Crippen molar-refractivity contribution in [3.8, 4) is 17.1 Å². The molecule has 8 heteroatoms. The number of hydrazone groups is 1. The van der Waals surface area contributed by atoms with Crippen molar-refractivity contribution < 1.29 is 18.9 Å². The van der Waals surface area contributed by atoms with Crippen molar-refractivity contribution in [2.45, 2.75) is 20.8 Å². The molecule has 0 fully saturated rings. The van der Waals surface area contributed by atoms with Gasteiger partial charge in [-0.1, -0.05) is 6.07 Å². The Labute approximate surface area is 173 Å². The fraction of sp³-hybridized carbons (Fsp3) is 0.182. The molecule has 2 aromatic carbocycles. The van der Waals surface area contributed by atoms with Crippen LogP contribution in [0.25, 0.3) is 11.3 Å². The Morgan fingerprint density at radius 2 is 1.90 bits per heavy atom. The van der Waals surface area contributed by atoms with E-state index in [1.54, 1.807) is 25.1 Å². The van der Waals surface area contributed by atoms with Crippen molar-refractivity contribution in [3.05, 3.63) is 81.1 Å². The molecule has 0 bridgehead atoms. The molecule has 0 aliphatic rings. The predicted octanol–water partition coefficient (Wildman–Crippen LogP) is 4.31. The van der Waals surface area contributed by atoms with E-state index in [-0.39, 0.29) is 12.3 Å². The summed E-state index contributed by atoms with van der Waals surface area (Å²) in [7, 11) is 0. The first-order valence-electron chi connectivity index (χ1n) is 9.20. The summed E-state index contributed by atoms with van der Waals surface area (Å²) in [5, 5.41) is 14.7. The molecule has 0 radical (unpaired) electrons. The van der Waals surface area contributed by atoms with Crippen molar-refractivity contribution >= 4 is 17.8 Å². The van der Waals surface area contributed by atoms with Gasteiger partial charge in [0.25, 0.3) is 11.6 Å². The van der Waals surface area contributed by atoms with E-state index in [4.69, 9.17) is 9.15 Å². The van der Waals surface area contributed by atoms with Crippen LogP contribution in [0.4, 0.5) is 5.69 Å². The second-order valence-electron chi connectivity index (χ2n) is 6.79. The summed E-state index contributed by atoms with van der Waals surface area (Å²) >= 11 is 0. The minimum absolute atomic E-state index is 0.0234. The fourth-order valence-electron chi connectivity index (χ4n) is 2.76. The average molecular weight is 407 g/mol. The van der Waals surface area contributed by atoms with Crippen molar-refractivity contribution in [3.63, 3.8) is 0 Å². The highest BCUT2D eigenvalue weighted by atomic mass is 16.6. The van der Waals surface area contributed by atoms with Crippen LogP contribution in [-0.2, 0) is 4.79 Å². The first kappa shape index (κ1) is 20.8. The maximum Gasteiger partial charge on any atom is 0.277 e. The van der Waals surface area contributed by atoms with Gasteiger partial charge in [0.05, 0.1) is 11.1 Å². The van der Waals surface area contributed by atoms with Crippen LogP contribution in [0.5, 0.6) is 5.75 Å². The van der Waals surface area contributed by atoms with Gasteiger partial charge < -0.3 is 9.15 Å². The van der Waals surface area contributed by atoms with Gasteiger partial charge in [-0.15, -0.1) is 0 Å². The van der Waals surface area contributed by atoms with Crippen molar-refractivity contribution in [2.24, 2.45) is 5.10 Å². The topological polar surface area (TPSA) is 107 Å². The van der Waals surface area contributed by atoms with Gasteiger partial charge >= 0.3 is 0 Å². The number of nitro benzene ring substituents is 1. The molecule has 1 N–H and O–H groups in total. The zero-order chi connectivity index (χ0) is 21.7. The van der Waals surface area contributed by atoms with Gasteiger partial charge in [-0.05, 0) is 67.8 Å². The average Bonchev–Trinajstić information content (AvgIpc) is 3.17. The molecule has 3 rings (SSSR count). The number of amides is 1. The molecule has 0 saturated heterocycles. The normalized spacial score (nSPS) is 10.9. The summed E-state index contributed by atoms with van der Waals surface area (Å²) in [6.07, 6.45) is 1.37. The molecule has 3 aromatic rings. The van der Waals surface area contributed by atoms with Crippen LogP contribution in [0.3, 0.4) is 0 Å². The molecule has 0 spiro atoms. The Kier molecular flexibility index (Phi) is 6.26. The monoisotopic (exact) mass is 407 g/mol. The lowest BCUT2D eigenvalue weighted by Crippen LogP contribution is -2.24. The van der Waals surface area contributed by atoms with Gasteiger partial charge in [0, 0.05) is 17.7 Å². The molecular weight excluding hydrogens is 386 g/mol. The minimum Gasteiger partial charge on any atom is -0.484 e. The number of nitro groups is 1. The van der Waals surface area contributed by atoms with E-state index < -0.39 is 10.8 Å². The number of benzene rings is 2. The summed E-state index contributed by atoms with van der Waals surface area (Å²) in [5.74, 6) is 1.19. The smallest absolute Gasteiger partial charge is 0.277 e. The van der Waals surface area contributed by atoms with Gasteiger partial charge in [0.2, 0.25) is 0 Å². The second-order valence-corrected chi connectivity index (χ2v) is 6.79. The molecule has 1 heterocycles. The number of carbonyl (C=O) groups is 1. The SMILES string of the molecule is Cc1ccc(OCC(=O)NN=Cc2ccc(-c3ccc([N+](=O)[O-])cc3C)o2)cc1C. The van der Waals surface area contributed by atoms with Gasteiger partial charge in [-0.25, -0.2) is 5.43 Å². The highest BCUT2D eigenvalue weighted by Gasteiger charge is 2.12. The Bertz CT molecular complexity index is 1120. The van der Waals surface area contributed by atoms with Gasteiger partial charge in [-0.2, -0.15) is 5.10 Å². The lowest BCUT2D eigenvalue weighted by molar-refractivity contribution is -0.384. The summed E-state index contributed by atoms with van der Waals surface area (Å²) < 4.78 is 11.1. The van der Waals surface area contributed by atoms with E-state index in [1.807, 2.05) is 32.0 Å². The lowest BCUT2D eigenvalue weighted by atomic mass is 10.1. The number of hydrogen-bond acceptors (Lipinski definition) is 6. The molecule has 0 unspecified atom stereocenters. The third-order valence-electron chi connectivity index (χ3n) is 4.54. The van der Waals surface area contributed by atoms with Crippen LogP contribution in [-0.4, -0.2) is 23.7 Å². The summed E-state index contributed by atoms with van der Waals surface area (Å²) in [6.45, 7) is 5.59. The molecule has 0 atom stereocenters. The van der Waals surface area contributed by atoms with Crippen LogP contribution >= 0.6 is 0 Å². The van der Waals surface area contributed by atoms with E-state index in [0.29, 0.717) is 17.3 Å². The van der Waals surface area contributed by atoms with Crippen molar-refractivity contribution in [1.82, 2.24) is 5.43 Å². The van der Waals surface area contributed by atoms with E-state index in [9.17, 15) is 14.9 Å². The fourth-order valence-corrected chi connectivity index (χ4v) is 2.76. The number of hydrogen-bond donors (Lipinski definition) is 1. The molecule has 0 aliphatic carbocycles. The largest absolute Gasteiger partial charge is 0.484 e. The van der Waals surface area contributed by atoms with Gasteiger partial charge in [0.15, 0.2) is 6.61 Å². The molecule has 1 aromatic heterocycles. The first-order valence-corrected chi connectivity index (χ1v) is 9.20. The molecule has 0 saturated carbocycles. The number of furan rings is 1. The highest BCUT2D eigenvalue weighted by molar-refractivity contribution is 5.81. The summed E-state index contributed by atoms with van der Waals surface area (Å²) in [6, 6.07) is 13.6. The number of nitrogens with zero attached hydrogens (tertiary/aromatic N) is 2. The quantitative estimate of drug-likeness (QED) is 0.357. The Morgan fingerprint density at radius 3 is 2.60 bits per heavy atom. The number of aryl methyl sites for hydroxylation is 3. The Balaban J connectivity index is 1.56.